The number of nitrogens with zero attached hydrogens (tertiary/aromatic N) is 1. The molecule has 2 aromatic carbocycles. The fraction of sp³-hybridized carbons (Fsp3) is 0.333. The Morgan fingerprint density at radius 3 is 2.56 bits per heavy atom. The van der Waals surface area contributed by atoms with Gasteiger partial charge in [-0.15, -0.1) is 0 Å². The topological polar surface area (TPSA) is 26.2 Å². The Morgan fingerprint density at radius 2 is 1.80 bits per heavy atom. The highest BCUT2D eigenvalue weighted by Gasteiger charge is 2.15. The van der Waals surface area contributed by atoms with Crippen LogP contribution < -0.4 is 10.1 Å². The average molecular weight is 340 g/mol. The van der Waals surface area contributed by atoms with Crippen LogP contribution in [-0.4, -0.2) is 24.3 Å². The highest BCUT2D eigenvalue weighted by atomic mass is 19.1. The van der Waals surface area contributed by atoms with E-state index in [4.69, 9.17) is 4.74 Å². The van der Waals surface area contributed by atoms with Gasteiger partial charge >= 0.3 is 0 Å². The number of aryl methyl sites for hydroxylation is 1. The lowest BCUT2D eigenvalue weighted by molar-refractivity contribution is 0.326. The van der Waals surface area contributed by atoms with E-state index in [2.05, 4.69) is 35.8 Å². The summed E-state index contributed by atoms with van der Waals surface area (Å²) in [5.74, 6) is 0.0822. The van der Waals surface area contributed by atoms with Crippen molar-refractivity contribution in [3.05, 3.63) is 65.6 Å². The van der Waals surface area contributed by atoms with Crippen LogP contribution in [-0.2, 0) is 19.9 Å². The zero-order valence-electron chi connectivity index (χ0n) is 14.9. The van der Waals surface area contributed by atoms with Crippen LogP contribution >= 0.6 is 0 Å². The molecular formula is C21H25FN2O. The lowest BCUT2D eigenvalue weighted by Gasteiger charge is -2.09. The zero-order valence-corrected chi connectivity index (χ0v) is 14.9. The number of aromatic nitrogens is 1. The Balaban J connectivity index is 1.66. The summed E-state index contributed by atoms with van der Waals surface area (Å²) in [6.45, 7) is 4.13. The standard InChI is InChI=1S/C21H25FN2O/c1-3-25-21-18(22)9-10-19-20(21)17(15-24(19)2)12-14-23-13-11-16-7-5-4-6-8-16/h4-10,15,23H,3,11-14H2,1-2H3. The summed E-state index contributed by atoms with van der Waals surface area (Å²) in [6, 6.07) is 13.7. The minimum absolute atomic E-state index is 0.293. The fourth-order valence-electron chi connectivity index (χ4n) is 3.22. The second-order valence-corrected chi connectivity index (χ2v) is 6.20. The molecule has 3 nitrogen and oxygen atoms in total. The molecular weight excluding hydrogens is 315 g/mol. The molecule has 3 rings (SSSR count). The first kappa shape index (κ1) is 17.5. The molecule has 0 fully saturated rings. The van der Waals surface area contributed by atoms with Crippen LogP contribution in [0, 0.1) is 5.82 Å². The third kappa shape index (κ3) is 4.02. The fourth-order valence-corrected chi connectivity index (χ4v) is 3.22. The van der Waals surface area contributed by atoms with E-state index >= 15 is 0 Å². The molecule has 1 aromatic heterocycles. The van der Waals surface area contributed by atoms with Crippen LogP contribution in [0.3, 0.4) is 0 Å². The maximum absolute atomic E-state index is 14.2. The van der Waals surface area contributed by atoms with Crippen molar-refractivity contribution in [3.63, 3.8) is 0 Å². The number of nitrogens with one attached hydrogen (secondary N) is 1. The summed E-state index contributed by atoms with van der Waals surface area (Å²) in [6.07, 6.45) is 3.93. The quantitative estimate of drug-likeness (QED) is 0.625. The van der Waals surface area contributed by atoms with Crippen molar-refractivity contribution in [3.8, 4) is 5.75 Å². The van der Waals surface area contributed by atoms with Crippen LogP contribution in [0.15, 0.2) is 48.7 Å². The maximum atomic E-state index is 14.2. The number of rotatable bonds is 8. The molecule has 0 bridgehead atoms. The second kappa shape index (κ2) is 8.17. The van der Waals surface area contributed by atoms with E-state index in [-0.39, 0.29) is 5.82 Å². The van der Waals surface area contributed by atoms with Gasteiger partial charge in [0.15, 0.2) is 11.6 Å². The first-order valence-corrected chi connectivity index (χ1v) is 8.84. The predicted molar refractivity (Wildman–Crippen MR) is 101 cm³/mol. The van der Waals surface area contributed by atoms with Crippen molar-refractivity contribution in [2.45, 2.75) is 19.8 Å². The number of hydrogen-bond donors (Lipinski definition) is 1. The summed E-state index contributed by atoms with van der Waals surface area (Å²) < 4.78 is 21.8. The van der Waals surface area contributed by atoms with E-state index in [0.717, 1.165) is 42.4 Å². The number of fused-ring (bicyclic) bond motifs is 1. The molecule has 0 unspecified atom stereocenters. The van der Waals surface area contributed by atoms with Gasteiger partial charge < -0.3 is 14.6 Å². The number of ether oxygens (including phenoxy) is 1. The van der Waals surface area contributed by atoms with Crippen molar-refractivity contribution < 1.29 is 9.13 Å². The van der Waals surface area contributed by atoms with Gasteiger partial charge in [-0.1, -0.05) is 30.3 Å². The van der Waals surface area contributed by atoms with Gasteiger partial charge in [0.25, 0.3) is 0 Å². The maximum Gasteiger partial charge on any atom is 0.165 e. The highest BCUT2D eigenvalue weighted by Crippen LogP contribution is 2.33. The van der Waals surface area contributed by atoms with Crippen LogP contribution in [0.1, 0.15) is 18.1 Å². The molecule has 0 saturated heterocycles. The van der Waals surface area contributed by atoms with E-state index in [1.54, 1.807) is 0 Å². The third-order valence-corrected chi connectivity index (χ3v) is 4.43. The van der Waals surface area contributed by atoms with Gasteiger partial charge in [0.05, 0.1) is 12.1 Å². The van der Waals surface area contributed by atoms with E-state index in [9.17, 15) is 4.39 Å². The Bertz CT molecular complexity index is 827. The third-order valence-electron chi connectivity index (χ3n) is 4.43. The van der Waals surface area contributed by atoms with Crippen molar-refractivity contribution >= 4 is 10.9 Å². The van der Waals surface area contributed by atoms with E-state index in [0.29, 0.717) is 12.4 Å². The van der Waals surface area contributed by atoms with Gasteiger partial charge in [0.2, 0.25) is 0 Å². The van der Waals surface area contributed by atoms with Crippen molar-refractivity contribution in [2.75, 3.05) is 19.7 Å². The zero-order chi connectivity index (χ0) is 17.6. The summed E-state index contributed by atoms with van der Waals surface area (Å²) >= 11 is 0. The smallest absolute Gasteiger partial charge is 0.165 e. The van der Waals surface area contributed by atoms with Gasteiger partial charge in [0.1, 0.15) is 0 Å². The van der Waals surface area contributed by atoms with Gasteiger partial charge in [-0.2, -0.15) is 0 Å². The molecule has 1 heterocycles. The molecule has 0 saturated carbocycles. The molecule has 0 atom stereocenters. The lowest BCUT2D eigenvalue weighted by Crippen LogP contribution is -2.20. The van der Waals surface area contributed by atoms with Crippen LogP contribution in [0.4, 0.5) is 4.39 Å². The average Bonchev–Trinajstić information content (AvgIpc) is 2.94. The van der Waals surface area contributed by atoms with Gasteiger partial charge in [-0.3, -0.25) is 0 Å². The lowest BCUT2D eigenvalue weighted by atomic mass is 10.1. The van der Waals surface area contributed by atoms with Gasteiger partial charge in [-0.05, 0) is 56.1 Å². The summed E-state index contributed by atoms with van der Waals surface area (Å²) in [5, 5.41) is 4.38. The summed E-state index contributed by atoms with van der Waals surface area (Å²) in [4.78, 5) is 0. The first-order valence-electron chi connectivity index (χ1n) is 8.84. The molecule has 25 heavy (non-hydrogen) atoms. The Morgan fingerprint density at radius 1 is 1.04 bits per heavy atom. The Hall–Kier alpha value is -2.33. The summed E-state index contributed by atoms with van der Waals surface area (Å²) in [7, 11) is 1.99. The normalized spacial score (nSPS) is 11.2. The molecule has 1 N–H and O–H groups in total. The van der Waals surface area contributed by atoms with E-state index < -0.39 is 0 Å². The summed E-state index contributed by atoms with van der Waals surface area (Å²) in [5.41, 5.74) is 3.46. The largest absolute Gasteiger partial charge is 0.490 e. The Kier molecular flexibility index (Phi) is 5.71. The van der Waals surface area contributed by atoms with Gasteiger partial charge in [0, 0.05) is 18.6 Å². The molecule has 3 aromatic rings. The second-order valence-electron chi connectivity index (χ2n) is 6.20. The molecule has 0 radical (unpaired) electrons. The highest BCUT2D eigenvalue weighted by molar-refractivity contribution is 5.90. The number of benzene rings is 2. The first-order chi connectivity index (χ1) is 12.2. The molecule has 4 heteroatoms. The van der Waals surface area contributed by atoms with Crippen LogP contribution in [0.2, 0.25) is 0 Å². The van der Waals surface area contributed by atoms with Crippen molar-refractivity contribution in [1.82, 2.24) is 9.88 Å². The molecule has 0 amide bonds. The Labute approximate surface area is 148 Å². The number of hydrogen-bond acceptors (Lipinski definition) is 2. The minimum Gasteiger partial charge on any atom is -0.490 e. The predicted octanol–water partition coefficient (Wildman–Crippen LogP) is 4.09. The van der Waals surface area contributed by atoms with Gasteiger partial charge in [-0.25, -0.2) is 4.39 Å². The monoisotopic (exact) mass is 340 g/mol. The van der Waals surface area contributed by atoms with Crippen LogP contribution in [0.25, 0.3) is 10.9 Å². The minimum atomic E-state index is -0.293. The van der Waals surface area contributed by atoms with Crippen LogP contribution in [0.5, 0.6) is 5.75 Å². The van der Waals surface area contributed by atoms with Crippen molar-refractivity contribution in [2.24, 2.45) is 7.05 Å². The van der Waals surface area contributed by atoms with E-state index in [1.165, 1.54) is 11.6 Å². The molecule has 0 aliphatic rings. The molecule has 0 aliphatic carbocycles. The number of halogens is 1. The molecule has 132 valence electrons. The molecule has 0 spiro atoms. The SMILES string of the molecule is CCOc1c(F)ccc2c1c(CCNCCc1ccccc1)cn2C. The van der Waals surface area contributed by atoms with E-state index in [1.807, 2.05) is 30.7 Å². The molecule has 0 aliphatic heterocycles. The van der Waals surface area contributed by atoms with Crippen molar-refractivity contribution in [1.29, 1.82) is 0 Å².